The molecule has 1 fully saturated rings. The van der Waals surface area contributed by atoms with Crippen LogP contribution in [0.25, 0.3) is 5.69 Å². The van der Waals surface area contributed by atoms with Gasteiger partial charge in [0.25, 0.3) is 0 Å². The fourth-order valence-corrected chi connectivity index (χ4v) is 2.81. The number of rotatable bonds is 6. The van der Waals surface area contributed by atoms with Gasteiger partial charge in [0.2, 0.25) is 0 Å². The Morgan fingerprint density at radius 2 is 1.77 bits per heavy atom. The Morgan fingerprint density at radius 3 is 2.50 bits per heavy atom. The lowest BCUT2D eigenvalue weighted by atomic mass is 10.2. The Hall–Kier alpha value is -1.69. The molecule has 0 aliphatic carbocycles. The van der Waals surface area contributed by atoms with Crippen LogP contribution in [0.4, 0.5) is 0 Å². The molecule has 0 spiro atoms. The summed E-state index contributed by atoms with van der Waals surface area (Å²) < 4.78 is 7.09. The summed E-state index contributed by atoms with van der Waals surface area (Å²) in [6.07, 6.45) is 4.11. The van der Waals surface area contributed by atoms with Crippen molar-refractivity contribution in [1.29, 1.82) is 0 Å². The van der Waals surface area contributed by atoms with Crippen molar-refractivity contribution in [3.05, 3.63) is 48.3 Å². The van der Waals surface area contributed by atoms with Crippen LogP contribution in [0.15, 0.2) is 42.7 Å². The van der Waals surface area contributed by atoms with Crippen LogP contribution in [0.3, 0.4) is 0 Å². The third-order valence-corrected chi connectivity index (χ3v) is 4.14. The number of ether oxygens (including phenoxy) is 1. The maximum Gasteiger partial charge on any atom is 0.0645 e. The van der Waals surface area contributed by atoms with Crippen molar-refractivity contribution in [3.8, 4) is 5.69 Å². The van der Waals surface area contributed by atoms with Crippen molar-refractivity contribution in [3.63, 3.8) is 0 Å². The van der Waals surface area contributed by atoms with Crippen LogP contribution in [-0.4, -0.2) is 66.0 Å². The number of methoxy groups -OCH3 is 1. The molecule has 0 N–H and O–H groups in total. The van der Waals surface area contributed by atoms with Gasteiger partial charge < -0.3 is 4.74 Å². The molecule has 1 saturated heterocycles. The number of para-hydroxylation sites is 1. The van der Waals surface area contributed by atoms with Crippen LogP contribution in [0, 0.1) is 0 Å². The summed E-state index contributed by atoms with van der Waals surface area (Å²) in [6, 6.07) is 10.2. The molecule has 0 unspecified atom stereocenters. The smallest absolute Gasteiger partial charge is 0.0645 e. The topological polar surface area (TPSA) is 33.5 Å². The fourth-order valence-electron chi connectivity index (χ4n) is 2.81. The van der Waals surface area contributed by atoms with Gasteiger partial charge in [-0.05, 0) is 12.1 Å². The van der Waals surface area contributed by atoms with Gasteiger partial charge in [-0.25, -0.2) is 4.68 Å². The van der Waals surface area contributed by atoms with Gasteiger partial charge in [0.05, 0.1) is 18.5 Å². The standard InChI is InChI=1S/C17H24N4O/c1-22-12-11-19-7-9-20(10-8-19)14-16-13-18-21(15-16)17-5-3-2-4-6-17/h2-6,13,15H,7-12,14H2,1H3. The molecule has 5 nitrogen and oxygen atoms in total. The molecule has 3 rings (SSSR count). The molecule has 22 heavy (non-hydrogen) atoms. The van der Waals surface area contributed by atoms with Gasteiger partial charge in [-0.1, -0.05) is 18.2 Å². The van der Waals surface area contributed by atoms with Gasteiger partial charge in [-0.3, -0.25) is 9.80 Å². The summed E-state index contributed by atoms with van der Waals surface area (Å²) in [7, 11) is 1.76. The van der Waals surface area contributed by atoms with E-state index in [1.54, 1.807) is 7.11 Å². The highest BCUT2D eigenvalue weighted by atomic mass is 16.5. The number of hydrogen-bond donors (Lipinski definition) is 0. The second-order valence-electron chi connectivity index (χ2n) is 5.74. The largest absolute Gasteiger partial charge is 0.383 e. The van der Waals surface area contributed by atoms with E-state index in [0.717, 1.165) is 51.6 Å². The van der Waals surface area contributed by atoms with Gasteiger partial charge >= 0.3 is 0 Å². The van der Waals surface area contributed by atoms with Crippen LogP contribution in [-0.2, 0) is 11.3 Å². The maximum atomic E-state index is 5.15. The second kappa shape index (κ2) is 7.54. The lowest BCUT2D eigenvalue weighted by Crippen LogP contribution is -2.46. The first-order valence-corrected chi connectivity index (χ1v) is 7.88. The quantitative estimate of drug-likeness (QED) is 0.812. The van der Waals surface area contributed by atoms with Crippen LogP contribution in [0.2, 0.25) is 0 Å². The minimum atomic E-state index is 0.823. The van der Waals surface area contributed by atoms with E-state index in [4.69, 9.17) is 4.74 Å². The molecule has 1 aromatic heterocycles. The molecule has 118 valence electrons. The maximum absolute atomic E-state index is 5.15. The van der Waals surface area contributed by atoms with E-state index in [1.807, 2.05) is 29.1 Å². The third kappa shape index (κ3) is 3.94. The molecule has 2 heterocycles. The Bertz CT molecular complexity index is 561. The summed E-state index contributed by atoms with van der Waals surface area (Å²) in [5.41, 5.74) is 2.38. The SMILES string of the molecule is COCCN1CCN(Cc2cnn(-c3ccccc3)c2)CC1. The van der Waals surface area contributed by atoms with E-state index >= 15 is 0 Å². The lowest BCUT2D eigenvalue weighted by molar-refractivity contribution is 0.0938. The highest BCUT2D eigenvalue weighted by molar-refractivity contribution is 5.30. The molecule has 0 amide bonds. The summed E-state index contributed by atoms with van der Waals surface area (Å²) in [6.45, 7) is 7.30. The average molecular weight is 300 g/mol. The predicted molar refractivity (Wildman–Crippen MR) is 87.2 cm³/mol. The molecule has 0 bridgehead atoms. The Labute approximate surface area is 132 Å². The summed E-state index contributed by atoms with van der Waals surface area (Å²) in [4.78, 5) is 4.96. The third-order valence-electron chi connectivity index (χ3n) is 4.14. The number of nitrogens with zero attached hydrogens (tertiary/aromatic N) is 4. The van der Waals surface area contributed by atoms with Gasteiger partial charge in [-0.2, -0.15) is 5.10 Å². The Morgan fingerprint density at radius 1 is 1.05 bits per heavy atom. The van der Waals surface area contributed by atoms with Gasteiger partial charge in [0.15, 0.2) is 0 Å². The summed E-state index contributed by atoms with van der Waals surface area (Å²) in [5, 5.41) is 4.47. The number of hydrogen-bond acceptors (Lipinski definition) is 4. The molecule has 1 aliphatic heterocycles. The highest BCUT2D eigenvalue weighted by Crippen LogP contribution is 2.11. The van der Waals surface area contributed by atoms with Crippen molar-refractivity contribution < 1.29 is 4.74 Å². The molecule has 1 aromatic carbocycles. The van der Waals surface area contributed by atoms with Crippen molar-refractivity contribution in [2.75, 3.05) is 46.4 Å². The van der Waals surface area contributed by atoms with Gasteiger partial charge in [0.1, 0.15) is 0 Å². The molecular weight excluding hydrogens is 276 g/mol. The van der Waals surface area contributed by atoms with Crippen molar-refractivity contribution in [2.45, 2.75) is 6.54 Å². The summed E-state index contributed by atoms with van der Waals surface area (Å²) in [5.74, 6) is 0. The first kappa shape index (κ1) is 15.2. The minimum absolute atomic E-state index is 0.823. The zero-order valence-corrected chi connectivity index (χ0v) is 13.2. The molecule has 2 aromatic rings. The van der Waals surface area contributed by atoms with Crippen LogP contribution >= 0.6 is 0 Å². The number of benzene rings is 1. The van der Waals surface area contributed by atoms with E-state index in [2.05, 4.69) is 33.2 Å². The molecule has 0 atom stereocenters. The van der Waals surface area contributed by atoms with E-state index < -0.39 is 0 Å². The van der Waals surface area contributed by atoms with Crippen molar-refractivity contribution in [1.82, 2.24) is 19.6 Å². The van der Waals surface area contributed by atoms with E-state index in [1.165, 1.54) is 5.56 Å². The normalized spacial score (nSPS) is 17.0. The van der Waals surface area contributed by atoms with Crippen LogP contribution < -0.4 is 0 Å². The summed E-state index contributed by atoms with van der Waals surface area (Å²) >= 11 is 0. The van der Waals surface area contributed by atoms with Crippen molar-refractivity contribution >= 4 is 0 Å². The van der Waals surface area contributed by atoms with E-state index in [0.29, 0.717) is 0 Å². The van der Waals surface area contributed by atoms with Gasteiger partial charge in [0, 0.05) is 58.1 Å². The highest BCUT2D eigenvalue weighted by Gasteiger charge is 2.17. The van der Waals surface area contributed by atoms with Crippen LogP contribution in [0.5, 0.6) is 0 Å². The number of piperazine rings is 1. The monoisotopic (exact) mass is 300 g/mol. The zero-order valence-electron chi connectivity index (χ0n) is 13.2. The van der Waals surface area contributed by atoms with E-state index in [-0.39, 0.29) is 0 Å². The van der Waals surface area contributed by atoms with Crippen LogP contribution in [0.1, 0.15) is 5.56 Å². The Balaban J connectivity index is 1.51. The Kier molecular flexibility index (Phi) is 5.21. The zero-order chi connectivity index (χ0) is 15.2. The first-order valence-electron chi connectivity index (χ1n) is 7.88. The molecular formula is C17H24N4O. The molecule has 5 heteroatoms. The molecule has 1 aliphatic rings. The lowest BCUT2D eigenvalue weighted by Gasteiger charge is -2.34. The van der Waals surface area contributed by atoms with Crippen molar-refractivity contribution in [2.24, 2.45) is 0 Å². The van der Waals surface area contributed by atoms with E-state index in [9.17, 15) is 0 Å². The average Bonchev–Trinajstić information content (AvgIpc) is 3.04. The molecule has 0 radical (unpaired) electrons. The molecule has 0 saturated carbocycles. The second-order valence-corrected chi connectivity index (χ2v) is 5.74. The fraction of sp³-hybridized carbons (Fsp3) is 0.471. The number of aromatic nitrogens is 2. The minimum Gasteiger partial charge on any atom is -0.383 e. The predicted octanol–water partition coefficient (Wildman–Crippen LogP) is 1.64. The van der Waals surface area contributed by atoms with Gasteiger partial charge in [-0.15, -0.1) is 0 Å². The first-order chi connectivity index (χ1) is 10.8.